The van der Waals surface area contributed by atoms with Crippen LogP contribution in [-0.2, 0) is 9.53 Å². The Hall–Kier alpha value is -0.940. The lowest BCUT2D eigenvalue weighted by Crippen LogP contribution is -2.26. The van der Waals surface area contributed by atoms with Crippen LogP contribution in [0, 0.1) is 6.92 Å². The van der Waals surface area contributed by atoms with Gasteiger partial charge in [-0.05, 0) is 19.8 Å². The molecule has 1 aromatic heterocycles. The number of ether oxygens (including phenoxy) is 1. The zero-order chi connectivity index (χ0) is 9.97. The van der Waals surface area contributed by atoms with Crippen LogP contribution in [0.3, 0.4) is 0 Å². The van der Waals surface area contributed by atoms with Gasteiger partial charge in [-0.2, -0.15) is 0 Å². The molecular weight excluding hydrogens is 200 g/mol. The van der Waals surface area contributed by atoms with Gasteiger partial charge in [-0.25, -0.2) is 4.98 Å². The first-order chi connectivity index (χ1) is 6.75. The number of hydrogen-bond donors (Lipinski definition) is 1. The molecule has 0 saturated carbocycles. The van der Waals surface area contributed by atoms with E-state index in [4.69, 9.17) is 4.74 Å². The predicted octanol–water partition coefficient (Wildman–Crippen LogP) is 1.57. The molecule has 0 aliphatic carbocycles. The second kappa shape index (κ2) is 4.06. The fourth-order valence-electron chi connectivity index (χ4n) is 1.38. The number of aromatic nitrogens is 1. The van der Waals surface area contributed by atoms with Gasteiger partial charge in [0.2, 0.25) is 0 Å². The summed E-state index contributed by atoms with van der Waals surface area (Å²) in [7, 11) is 0. The quantitative estimate of drug-likeness (QED) is 0.809. The minimum absolute atomic E-state index is 0.0724. The highest BCUT2D eigenvalue weighted by Gasteiger charge is 2.23. The Morgan fingerprint density at radius 1 is 1.79 bits per heavy atom. The van der Waals surface area contributed by atoms with Crippen LogP contribution in [0.4, 0.5) is 5.13 Å². The molecule has 5 heteroatoms. The minimum Gasteiger partial charge on any atom is -0.368 e. The van der Waals surface area contributed by atoms with Crippen LogP contribution in [0.1, 0.15) is 17.7 Å². The fraction of sp³-hybridized carbons (Fsp3) is 0.556. The number of rotatable bonds is 2. The number of carbonyl (C=O) groups is 1. The Morgan fingerprint density at radius 3 is 3.21 bits per heavy atom. The number of nitrogens with zero attached hydrogens (tertiary/aromatic N) is 1. The summed E-state index contributed by atoms with van der Waals surface area (Å²) in [6.45, 7) is 2.65. The van der Waals surface area contributed by atoms with Gasteiger partial charge < -0.3 is 4.74 Å². The molecule has 76 valence electrons. The van der Waals surface area contributed by atoms with Gasteiger partial charge in [0.15, 0.2) is 5.13 Å². The van der Waals surface area contributed by atoms with Gasteiger partial charge in [0.25, 0.3) is 5.91 Å². The van der Waals surface area contributed by atoms with Crippen LogP contribution in [-0.4, -0.2) is 23.6 Å². The van der Waals surface area contributed by atoms with Gasteiger partial charge in [0.05, 0.1) is 0 Å². The Bertz CT molecular complexity index is 331. The van der Waals surface area contributed by atoms with E-state index in [2.05, 4.69) is 10.3 Å². The molecule has 1 atom stereocenters. The van der Waals surface area contributed by atoms with Crippen LogP contribution in [0.25, 0.3) is 0 Å². The Morgan fingerprint density at radius 2 is 2.64 bits per heavy atom. The molecule has 2 rings (SSSR count). The maximum Gasteiger partial charge on any atom is 0.255 e. The van der Waals surface area contributed by atoms with Gasteiger partial charge in [0.1, 0.15) is 6.10 Å². The van der Waals surface area contributed by atoms with Crippen LogP contribution in [0.15, 0.2) is 6.20 Å². The third kappa shape index (κ3) is 2.10. The van der Waals surface area contributed by atoms with Crippen molar-refractivity contribution in [2.45, 2.75) is 25.9 Å². The van der Waals surface area contributed by atoms with E-state index in [1.807, 2.05) is 6.92 Å². The summed E-state index contributed by atoms with van der Waals surface area (Å²) in [6.07, 6.45) is 3.25. The number of amides is 1. The molecule has 0 bridgehead atoms. The molecule has 0 aromatic carbocycles. The van der Waals surface area contributed by atoms with Crippen molar-refractivity contribution in [3.05, 3.63) is 11.1 Å². The second-order valence-corrected chi connectivity index (χ2v) is 4.50. The normalized spacial score (nSPS) is 21.1. The van der Waals surface area contributed by atoms with Crippen LogP contribution in [0.2, 0.25) is 0 Å². The van der Waals surface area contributed by atoms with Crippen molar-refractivity contribution < 1.29 is 9.53 Å². The average Bonchev–Trinajstić information content (AvgIpc) is 2.75. The van der Waals surface area contributed by atoms with Crippen molar-refractivity contribution >= 4 is 22.4 Å². The summed E-state index contributed by atoms with van der Waals surface area (Å²) in [5.41, 5.74) is 0. The number of nitrogens with one attached hydrogen (secondary N) is 1. The SMILES string of the molecule is Cc1cnc(NC(=O)[C@@H]2CCCO2)s1. The molecule has 14 heavy (non-hydrogen) atoms. The maximum atomic E-state index is 11.6. The van der Waals surface area contributed by atoms with Crippen molar-refractivity contribution in [3.63, 3.8) is 0 Å². The third-order valence-electron chi connectivity index (χ3n) is 2.07. The lowest BCUT2D eigenvalue weighted by Gasteiger charge is -2.07. The summed E-state index contributed by atoms with van der Waals surface area (Å²) in [6, 6.07) is 0. The number of hydrogen-bond acceptors (Lipinski definition) is 4. The van der Waals surface area contributed by atoms with E-state index in [0.717, 1.165) is 17.7 Å². The molecule has 1 aliphatic rings. The van der Waals surface area contributed by atoms with E-state index in [0.29, 0.717) is 11.7 Å². The highest BCUT2D eigenvalue weighted by molar-refractivity contribution is 7.15. The fourth-order valence-corrected chi connectivity index (χ4v) is 2.05. The minimum atomic E-state index is -0.279. The standard InChI is InChI=1S/C9H12N2O2S/c1-6-5-10-9(14-6)11-8(12)7-3-2-4-13-7/h5,7H,2-4H2,1H3,(H,10,11,12)/t7-/m0/s1. The topological polar surface area (TPSA) is 51.2 Å². The monoisotopic (exact) mass is 212 g/mol. The molecule has 1 fully saturated rings. The predicted molar refractivity (Wildman–Crippen MR) is 54.5 cm³/mol. The molecule has 0 unspecified atom stereocenters. The zero-order valence-electron chi connectivity index (χ0n) is 7.95. The Kier molecular flexibility index (Phi) is 2.79. The summed E-state index contributed by atoms with van der Waals surface area (Å²) in [5.74, 6) is -0.0724. The first-order valence-electron chi connectivity index (χ1n) is 4.60. The average molecular weight is 212 g/mol. The second-order valence-electron chi connectivity index (χ2n) is 3.27. The lowest BCUT2D eigenvalue weighted by atomic mass is 10.2. The lowest BCUT2D eigenvalue weighted by molar-refractivity contribution is -0.124. The summed E-state index contributed by atoms with van der Waals surface area (Å²) < 4.78 is 5.26. The molecular formula is C9H12N2O2S. The number of thiazole rings is 1. The highest BCUT2D eigenvalue weighted by Crippen LogP contribution is 2.19. The van der Waals surface area contributed by atoms with Gasteiger partial charge >= 0.3 is 0 Å². The summed E-state index contributed by atoms with van der Waals surface area (Å²) in [4.78, 5) is 16.7. The van der Waals surface area contributed by atoms with Crippen molar-refractivity contribution in [1.82, 2.24) is 4.98 Å². The number of anilines is 1. The summed E-state index contributed by atoms with van der Waals surface area (Å²) >= 11 is 1.48. The van der Waals surface area contributed by atoms with Crippen molar-refractivity contribution in [2.75, 3.05) is 11.9 Å². The first-order valence-corrected chi connectivity index (χ1v) is 5.42. The van der Waals surface area contributed by atoms with Gasteiger partial charge in [-0.15, -0.1) is 11.3 Å². The molecule has 1 amide bonds. The molecule has 1 saturated heterocycles. The van der Waals surface area contributed by atoms with Crippen LogP contribution in [0.5, 0.6) is 0 Å². The van der Waals surface area contributed by atoms with Gasteiger partial charge in [-0.1, -0.05) is 0 Å². The van der Waals surface area contributed by atoms with E-state index < -0.39 is 0 Å². The van der Waals surface area contributed by atoms with Gasteiger partial charge in [0, 0.05) is 17.7 Å². The van der Waals surface area contributed by atoms with E-state index in [9.17, 15) is 4.79 Å². The third-order valence-corrected chi connectivity index (χ3v) is 2.90. The smallest absolute Gasteiger partial charge is 0.255 e. The number of aryl methyl sites for hydroxylation is 1. The van der Waals surface area contributed by atoms with Gasteiger partial charge in [-0.3, -0.25) is 10.1 Å². The zero-order valence-corrected chi connectivity index (χ0v) is 8.76. The van der Waals surface area contributed by atoms with E-state index >= 15 is 0 Å². The molecule has 0 radical (unpaired) electrons. The van der Waals surface area contributed by atoms with Crippen LogP contribution >= 0.6 is 11.3 Å². The molecule has 1 N–H and O–H groups in total. The van der Waals surface area contributed by atoms with E-state index in [1.54, 1.807) is 6.20 Å². The number of carbonyl (C=O) groups excluding carboxylic acids is 1. The molecule has 1 aromatic rings. The Balaban J connectivity index is 1.93. The molecule has 1 aliphatic heterocycles. The van der Waals surface area contributed by atoms with Crippen molar-refractivity contribution in [1.29, 1.82) is 0 Å². The first kappa shape index (κ1) is 9.61. The van der Waals surface area contributed by atoms with Crippen LogP contribution < -0.4 is 5.32 Å². The summed E-state index contributed by atoms with van der Waals surface area (Å²) in [5, 5.41) is 3.40. The highest BCUT2D eigenvalue weighted by atomic mass is 32.1. The van der Waals surface area contributed by atoms with Crippen molar-refractivity contribution in [2.24, 2.45) is 0 Å². The molecule has 0 spiro atoms. The largest absolute Gasteiger partial charge is 0.368 e. The van der Waals surface area contributed by atoms with E-state index in [1.165, 1.54) is 11.3 Å². The molecule has 2 heterocycles. The van der Waals surface area contributed by atoms with Crippen molar-refractivity contribution in [3.8, 4) is 0 Å². The Labute approximate surface area is 86.3 Å². The molecule has 4 nitrogen and oxygen atoms in total. The maximum absolute atomic E-state index is 11.6. The van der Waals surface area contributed by atoms with E-state index in [-0.39, 0.29) is 12.0 Å².